The van der Waals surface area contributed by atoms with Gasteiger partial charge in [-0.25, -0.2) is 0 Å². The minimum atomic E-state index is -0.829. The SMILES string of the molecule is CC(C)(Cc1ccc2ccccc2c1)NC[C@@H](O)COc1cc(CCCC(=O)O)ccc1C#N. The zero-order valence-corrected chi connectivity index (χ0v) is 19.8. The fourth-order valence-corrected chi connectivity index (χ4v) is 3.94. The van der Waals surface area contributed by atoms with Crippen LogP contribution in [0, 0.1) is 11.3 Å². The molecule has 0 aliphatic rings. The lowest BCUT2D eigenvalue weighted by Crippen LogP contribution is -2.46. The number of aliphatic hydroxyl groups is 1. The van der Waals surface area contributed by atoms with Crippen LogP contribution in [0.4, 0.5) is 0 Å². The number of benzene rings is 3. The van der Waals surface area contributed by atoms with E-state index < -0.39 is 12.1 Å². The molecule has 0 amide bonds. The van der Waals surface area contributed by atoms with Crippen molar-refractivity contribution in [3.8, 4) is 11.8 Å². The smallest absolute Gasteiger partial charge is 0.303 e. The molecular weight excluding hydrogens is 428 g/mol. The molecule has 0 radical (unpaired) electrons. The molecule has 3 rings (SSSR count). The number of aryl methyl sites for hydroxylation is 1. The Morgan fingerprint density at radius 1 is 1.09 bits per heavy atom. The summed E-state index contributed by atoms with van der Waals surface area (Å²) < 4.78 is 5.76. The van der Waals surface area contributed by atoms with Crippen LogP contribution in [-0.4, -0.2) is 41.0 Å². The number of aliphatic carboxylic acids is 1. The number of nitrogens with one attached hydrogen (secondary N) is 1. The van der Waals surface area contributed by atoms with Gasteiger partial charge in [0.2, 0.25) is 0 Å². The van der Waals surface area contributed by atoms with Crippen LogP contribution in [0.5, 0.6) is 5.75 Å². The Morgan fingerprint density at radius 3 is 2.56 bits per heavy atom. The number of fused-ring (bicyclic) bond motifs is 1. The van der Waals surface area contributed by atoms with Gasteiger partial charge in [-0.1, -0.05) is 48.5 Å². The molecule has 0 aromatic heterocycles. The number of carboxylic acid groups (broad SMARTS) is 1. The summed E-state index contributed by atoms with van der Waals surface area (Å²) in [6.45, 7) is 4.60. The van der Waals surface area contributed by atoms with Crippen molar-refractivity contribution >= 4 is 16.7 Å². The Morgan fingerprint density at radius 2 is 1.82 bits per heavy atom. The van der Waals surface area contributed by atoms with E-state index in [2.05, 4.69) is 55.6 Å². The largest absolute Gasteiger partial charge is 0.489 e. The first kappa shape index (κ1) is 25.2. The van der Waals surface area contributed by atoms with Gasteiger partial charge in [0.05, 0.1) is 5.56 Å². The Bertz CT molecular complexity index is 1170. The third-order valence-electron chi connectivity index (χ3n) is 5.73. The minimum absolute atomic E-state index is 0.0479. The van der Waals surface area contributed by atoms with E-state index in [1.165, 1.54) is 16.3 Å². The van der Waals surface area contributed by atoms with Gasteiger partial charge < -0.3 is 20.3 Å². The van der Waals surface area contributed by atoms with E-state index in [0.717, 1.165) is 12.0 Å². The molecule has 0 unspecified atom stereocenters. The van der Waals surface area contributed by atoms with E-state index >= 15 is 0 Å². The summed E-state index contributed by atoms with van der Waals surface area (Å²) in [5.41, 5.74) is 2.28. The zero-order chi connectivity index (χ0) is 24.6. The molecule has 0 fully saturated rings. The number of hydrogen-bond donors (Lipinski definition) is 3. The Balaban J connectivity index is 1.52. The highest BCUT2D eigenvalue weighted by atomic mass is 16.5. The number of nitriles is 1. The highest BCUT2D eigenvalue weighted by Crippen LogP contribution is 2.22. The first-order chi connectivity index (χ1) is 16.3. The summed E-state index contributed by atoms with van der Waals surface area (Å²) >= 11 is 0. The van der Waals surface area contributed by atoms with Gasteiger partial charge >= 0.3 is 5.97 Å². The Kier molecular flexibility index (Phi) is 8.64. The molecule has 6 nitrogen and oxygen atoms in total. The lowest BCUT2D eigenvalue weighted by atomic mass is 9.93. The number of aliphatic hydroxyl groups excluding tert-OH is 1. The Hall–Kier alpha value is -3.40. The molecule has 0 bridgehead atoms. The molecule has 0 aliphatic heterocycles. The molecule has 0 heterocycles. The van der Waals surface area contributed by atoms with E-state index in [-0.39, 0.29) is 18.6 Å². The van der Waals surface area contributed by atoms with E-state index in [1.807, 2.05) is 12.1 Å². The molecule has 178 valence electrons. The van der Waals surface area contributed by atoms with Crippen molar-refractivity contribution in [3.63, 3.8) is 0 Å². The van der Waals surface area contributed by atoms with E-state index in [0.29, 0.717) is 30.7 Å². The average molecular weight is 461 g/mol. The standard InChI is InChI=1S/C28H32N2O4/c1-28(2,16-21-11-12-22-7-3-4-8-23(22)14-21)30-18-25(31)19-34-26-15-20(6-5-9-27(32)33)10-13-24(26)17-29/h3-4,7-8,10-15,25,30-31H,5-6,9,16,18-19H2,1-2H3,(H,32,33)/t25-/m1/s1. The van der Waals surface area contributed by atoms with Gasteiger partial charge in [0.1, 0.15) is 24.5 Å². The van der Waals surface area contributed by atoms with Crippen molar-refractivity contribution in [2.24, 2.45) is 0 Å². The van der Waals surface area contributed by atoms with Gasteiger partial charge in [0.15, 0.2) is 0 Å². The van der Waals surface area contributed by atoms with E-state index in [4.69, 9.17) is 9.84 Å². The summed E-state index contributed by atoms with van der Waals surface area (Å²) in [6, 6.07) is 22.1. The molecule has 0 saturated heterocycles. The van der Waals surface area contributed by atoms with Crippen molar-refractivity contribution in [2.75, 3.05) is 13.2 Å². The molecule has 34 heavy (non-hydrogen) atoms. The van der Waals surface area contributed by atoms with Crippen LogP contribution in [0.15, 0.2) is 60.7 Å². The van der Waals surface area contributed by atoms with Gasteiger partial charge in [0.25, 0.3) is 0 Å². The van der Waals surface area contributed by atoms with Crippen LogP contribution < -0.4 is 10.1 Å². The summed E-state index contributed by atoms with van der Waals surface area (Å²) in [5.74, 6) is -0.422. The quantitative estimate of drug-likeness (QED) is 0.369. The van der Waals surface area contributed by atoms with Crippen LogP contribution >= 0.6 is 0 Å². The Labute approximate surface area is 200 Å². The van der Waals surface area contributed by atoms with E-state index in [1.54, 1.807) is 18.2 Å². The number of carbonyl (C=O) groups is 1. The molecule has 3 N–H and O–H groups in total. The second-order valence-electron chi connectivity index (χ2n) is 9.28. The second kappa shape index (κ2) is 11.6. The van der Waals surface area contributed by atoms with Gasteiger partial charge in [-0.2, -0.15) is 5.26 Å². The van der Waals surface area contributed by atoms with Crippen LogP contribution in [0.25, 0.3) is 10.8 Å². The third-order valence-corrected chi connectivity index (χ3v) is 5.73. The minimum Gasteiger partial charge on any atom is -0.489 e. The molecule has 3 aromatic rings. The van der Waals surface area contributed by atoms with Crippen molar-refractivity contribution in [1.29, 1.82) is 5.26 Å². The van der Waals surface area contributed by atoms with Crippen LogP contribution in [0.3, 0.4) is 0 Å². The van der Waals surface area contributed by atoms with E-state index in [9.17, 15) is 15.2 Å². The maximum Gasteiger partial charge on any atom is 0.303 e. The summed E-state index contributed by atoms with van der Waals surface area (Å²) in [4.78, 5) is 10.7. The van der Waals surface area contributed by atoms with Crippen molar-refractivity contribution in [3.05, 3.63) is 77.4 Å². The molecule has 0 saturated carbocycles. The summed E-state index contributed by atoms with van der Waals surface area (Å²) in [5, 5.41) is 34.5. The van der Waals surface area contributed by atoms with Crippen molar-refractivity contribution in [1.82, 2.24) is 5.32 Å². The van der Waals surface area contributed by atoms with Gasteiger partial charge in [0, 0.05) is 18.5 Å². The van der Waals surface area contributed by atoms with Crippen LogP contribution in [0.1, 0.15) is 43.4 Å². The average Bonchev–Trinajstić information content (AvgIpc) is 2.81. The molecular formula is C28H32N2O4. The van der Waals surface area contributed by atoms with Crippen LogP contribution in [-0.2, 0) is 17.6 Å². The summed E-state index contributed by atoms with van der Waals surface area (Å²) in [6.07, 6.45) is 1.25. The predicted octanol–water partition coefficient (Wildman–Crippen LogP) is 4.47. The number of nitrogens with zero attached hydrogens (tertiary/aromatic N) is 1. The number of carboxylic acids is 1. The summed E-state index contributed by atoms with van der Waals surface area (Å²) in [7, 11) is 0. The second-order valence-corrected chi connectivity index (χ2v) is 9.28. The number of β-amino-alcohol motifs (C(OH)–C–C–N with tert-alkyl or cyclic N) is 1. The lowest BCUT2D eigenvalue weighted by molar-refractivity contribution is -0.137. The topological polar surface area (TPSA) is 103 Å². The van der Waals surface area contributed by atoms with Crippen molar-refractivity contribution < 1.29 is 19.7 Å². The molecule has 0 spiro atoms. The van der Waals surface area contributed by atoms with Crippen molar-refractivity contribution in [2.45, 2.75) is 51.2 Å². The van der Waals surface area contributed by atoms with Crippen LogP contribution in [0.2, 0.25) is 0 Å². The first-order valence-electron chi connectivity index (χ1n) is 11.5. The third kappa shape index (κ3) is 7.58. The fourth-order valence-electron chi connectivity index (χ4n) is 3.94. The number of rotatable bonds is 12. The fraction of sp³-hybridized carbons (Fsp3) is 0.357. The predicted molar refractivity (Wildman–Crippen MR) is 133 cm³/mol. The highest BCUT2D eigenvalue weighted by molar-refractivity contribution is 5.83. The highest BCUT2D eigenvalue weighted by Gasteiger charge is 2.20. The maximum absolute atomic E-state index is 10.7. The zero-order valence-electron chi connectivity index (χ0n) is 19.8. The molecule has 3 aromatic carbocycles. The maximum atomic E-state index is 10.7. The lowest BCUT2D eigenvalue weighted by Gasteiger charge is -2.28. The molecule has 6 heteroatoms. The normalized spacial score (nSPS) is 12.3. The van der Waals surface area contributed by atoms with Gasteiger partial charge in [-0.3, -0.25) is 4.79 Å². The first-order valence-corrected chi connectivity index (χ1v) is 11.5. The number of ether oxygens (including phenoxy) is 1. The van der Waals surface area contributed by atoms with Gasteiger partial charge in [-0.05, 0) is 67.1 Å². The number of hydrogen-bond acceptors (Lipinski definition) is 5. The molecule has 0 aliphatic carbocycles. The molecule has 1 atom stereocenters. The monoisotopic (exact) mass is 460 g/mol. The van der Waals surface area contributed by atoms with Gasteiger partial charge in [-0.15, -0.1) is 0 Å².